The van der Waals surface area contributed by atoms with E-state index in [0.29, 0.717) is 6.04 Å². The van der Waals surface area contributed by atoms with Crippen molar-refractivity contribution < 1.29 is 0 Å². The highest BCUT2D eigenvalue weighted by molar-refractivity contribution is 7.12. The van der Waals surface area contributed by atoms with Gasteiger partial charge in [0, 0.05) is 28.2 Å². The average molecular weight is 249 g/mol. The second kappa shape index (κ2) is 5.02. The van der Waals surface area contributed by atoms with Crippen molar-refractivity contribution in [3.63, 3.8) is 0 Å². The Hall–Kier alpha value is -1.13. The number of thiophene rings is 1. The number of hydrogen-bond donors (Lipinski definition) is 2. The van der Waals surface area contributed by atoms with Crippen molar-refractivity contribution in [2.24, 2.45) is 0 Å². The number of H-pyrrole nitrogens is 1. The lowest BCUT2D eigenvalue weighted by molar-refractivity contribution is 0.479. The summed E-state index contributed by atoms with van der Waals surface area (Å²) >= 11 is 1.86. The van der Waals surface area contributed by atoms with E-state index in [1.807, 2.05) is 17.5 Å². The van der Waals surface area contributed by atoms with Crippen LogP contribution in [0.1, 0.15) is 47.1 Å². The third-order valence-corrected chi connectivity index (χ3v) is 3.96. The third-order valence-electron chi connectivity index (χ3n) is 2.98. The van der Waals surface area contributed by atoms with E-state index in [9.17, 15) is 0 Å². The zero-order valence-electron chi connectivity index (χ0n) is 10.7. The Morgan fingerprint density at radius 1 is 1.29 bits per heavy atom. The average Bonchev–Trinajstić information content (AvgIpc) is 2.87. The molecule has 4 heteroatoms. The minimum Gasteiger partial charge on any atom is -0.347 e. The fourth-order valence-corrected chi connectivity index (χ4v) is 3.16. The zero-order valence-corrected chi connectivity index (χ0v) is 11.6. The molecule has 0 aliphatic heterocycles. The summed E-state index contributed by atoms with van der Waals surface area (Å²) in [6.45, 7) is 8.67. The van der Waals surface area contributed by atoms with Gasteiger partial charge in [0.1, 0.15) is 5.82 Å². The largest absolute Gasteiger partial charge is 0.347 e. The van der Waals surface area contributed by atoms with Crippen molar-refractivity contribution in [2.45, 2.75) is 39.8 Å². The summed E-state index contributed by atoms with van der Waals surface area (Å²) in [5.41, 5.74) is 1.39. The van der Waals surface area contributed by atoms with Crippen LogP contribution in [0.25, 0.3) is 0 Å². The molecule has 2 N–H and O–H groups in total. The fourth-order valence-electron chi connectivity index (χ4n) is 2.14. The van der Waals surface area contributed by atoms with Gasteiger partial charge in [-0.25, -0.2) is 4.98 Å². The first kappa shape index (κ1) is 12.3. The van der Waals surface area contributed by atoms with Gasteiger partial charge in [-0.05, 0) is 39.3 Å². The number of nitrogens with zero attached hydrogens (tertiary/aromatic N) is 1. The van der Waals surface area contributed by atoms with Gasteiger partial charge in [-0.3, -0.25) is 0 Å². The summed E-state index contributed by atoms with van der Waals surface area (Å²) in [7, 11) is 0. The molecule has 0 aliphatic rings. The Morgan fingerprint density at radius 3 is 2.59 bits per heavy atom. The van der Waals surface area contributed by atoms with Crippen LogP contribution >= 0.6 is 11.3 Å². The number of rotatable bonds is 4. The van der Waals surface area contributed by atoms with E-state index < -0.39 is 0 Å². The first-order valence-corrected chi connectivity index (χ1v) is 6.72. The highest BCUT2D eigenvalue weighted by Gasteiger charge is 2.15. The summed E-state index contributed by atoms with van der Waals surface area (Å²) in [4.78, 5) is 10.2. The van der Waals surface area contributed by atoms with Crippen molar-refractivity contribution in [1.29, 1.82) is 0 Å². The lowest BCUT2D eigenvalue weighted by Crippen LogP contribution is -2.23. The zero-order chi connectivity index (χ0) is 12.4. The molecule has 0 saturated carbocycles. The van der Waals surface area contributed by atoms with Crippen LogP contribution in [0.3, 0.4) is 0 Å². The molecule has 2 heterocycles. The van der Waals surface area contributed by atoms with Crippen molar-refractivity contribution >= 4 is 11.3 Å². The molecule has 2 unspecified atom stereocenters. The summed E-state index contributed by atoms with van der Waals surface area (Å²) < 4.78 is 0. The normalized spacial score (nSPS) is 14.8. The van der Waals surface area contributed by atoms with Gasteiger partial charge < -0.3 is 10.3 Å². The minimum atomic E-state index is 0.236. The molecule has 2 aromatic rings. The number of imidazole rings is 1. The van der Waals surface area contributed by atoms with E-state index in [1.165, 1.54) is 15.3 Å². The molecule has 0 spiro atoms. The Balaban J connectivity index is 2.06. The van der Waals surface area contributed by atoms with Crippen LogP contribution in [-0.4, -0.2) is 9.97 Å². The quantitative estimate of drug-likeness (QED) is 0.870. The predicted molar refractivity (Wildman–Crippen MR) is 72.3 cm³/mol. The van der Waals surface area contributed by atoms with Crippen molar-refractivity contribution in [1.82, 2.24) is 15.3 Å². The maximum atomic E-state index is 4.28. The number of aromatic amines is 1. The van der Waals surface area contributed by atoms with E-state index in [1.54, 1.807) is 6.20 Å². The molecule has 0 aliphatic carbocycles. The molecule has 3 nitrogen and oxygen atoms in total. The van der Waals surface area contributed by atoms with E-state index in [2.05, 4.69) is 49.0 Å². The molecule has 2 rings (SSSR count). The van der Waals surface area contributed by atoms with Crippen LogP contribution in [0.4, 0.5) is 0 Å². The van der Waals surface area contributed by atoms with Gasteiger partial charge >= 0.3 is 0 Å². The summed E-state index contributed by atoms with van der Waals surface area (Å²) in [5.74, 6) is 0.987. The molecule has 0 saturated heterocycles. The summed E-state index contributed by atoms with van der Waals surface area (Å²) in [6.07, 6.45) is 3.65. The number of nitrogens with one attached hydrogen (secondary N) is 2. The topological polar surface area (TPSA) is 40.7 Å². The molecule has 17 heavy (non-hydrogen) atoms. The Kier molecular flexibility index (Phi) is 3.64. The summed E-state index contributed by atoms with van der Waals surface area (Å²) in [6, 6.07) is 2.85. The van der Waals surface area contributed by atoms with E-state index in [4.69, 9.17) is 0 Å². The standard InChI is InChI=1S/C13H19N3S/c1-8-7-12(11(4)17-8)9(2)16-10(3)13-14-5-6-15-13/h5-7,9-10,16H,1-4H3,(H,14,15). The maximum Gasteiger partial charge on any atom is 0.122 e. The monoisotopic (exact) mass is 249 g/mol. The highest BCUT2D eigenvalue weighted by Crippen LogP contribution is 2.27. The van der Waals surface area contributed by atoms with Gasteiger partial charge in [-0.15, -0.1) is 11.3 Å². The van der Waals surface area contributed by atoms with Gasteiger partial charge in [-0.1, -0.05) is 0 Å². The second-order valence-corrected chi connectivity index (χ2v) is 5.91. The van der Waals surface area contributed by atoms with Crippen LogP contribution < -0.4 is 5.32 Å². The van der Waals surface area contributed by atoms with Gasteiger partial charge in [0.2, 0.25) is 0 Å². The Bertz CT molecular complexity index is 473. The molecular formula is C13H19N3S. The van der Waals surface area contributed by atoms with Gasteiger partial charge in [-0.2, -0.15) is 0 Å². The van der Waals surface area contributed by atoms with Crippen LogP contribution in [0.15, 0.2) is 18.5 Å². The number of hydrogen-bond acceptors (Lipinski definition) is 3. The Morgan fingerprint density at radius 2 is 2.06 bits per heavy atom. The van der Waals surface area contributed by atoms with Crippen molar-refractivity contribution in [2.75, 3.05) is 0 Å². The highest BCUT2D eigenvalue weighted by atomic mass is 32.1. The van der Waals surface area contributed by atoms with E-state index >= 15 is 0 Å². The lowest BCUT2D eigenvalue weighted by atomic mass is 10.1. The molecule has 2 aromatic heterocycles. The smallest absolute Gasteiger partial charge is 0.122 e. The third kappa shape index (κ3) is 2.76. The van der Waals surface area contributed by atoms with Crippen LogP contribution in [0.2, 0.25) is 0 Å². The SMILES string of the molecule is Cc1cc(C(C)NC(C)c2ncc[nH]2)c(C)s1. The number of aromatic nitrogens is 2. The van der Waals surface area contributed by atoms with E-state index in [-0.39, 0.29) is 6.04 Å². The Labute approximate surface area is 106 Å². The van der Waals surface area contributed by atoms with Gasteiger partial charge in [0.05, 0.1) is 6.04 Å². The fraction of sp³-hybridized carbons (Fsp3) is 0.462. The van der Waals surface area contributed by atoms with Crippen molar-refractivity contribution in [3.8, 4) is 0 Å². The first-order valence-electron chi connectivity index (χ1n) is 5.90. The minimum absolute atomic E-state index is 0.236. The van der Waals surface area contributed by atoms with Crippen LogP contribution in [0.5, 0.6) is 0 Å². The maximum absolute atomic E-state index is 4.28. The molecule has 2 atom stereocenters. The molecule has 0 radical (unpaired) electrons. The summed E-state index contributed by atoms with van der Waals surface area (Å²) in [5, 5.41) is 3.57. The second-order valence-electron chi connectivity index (χ2n) is 4.45. The van der Waals surface area contributed by atoms with Gasteiger partial charge in [0.25, 0.3) is 0 Å². The number of aryl methyl sites for hydroxylation is 2. The molecule has 0 aromatic carbocycles. The molecule has 0 fully saturated rings. The van der Waals surface area contributed by atoms with Gasteiger partial charge in [0.15, 0.2) is 0 Å². The first-order chi connectivity index (χ1) is 8.08. The van der Waals surface area contributed by atoms with E-state index in [0.717, 1.165) is 5.82 Å². The van der Waals surface area contributed by atoms with Crippen LogP contribution in [-0.2, 0) is 0 Å². The molecule has 0 amide bonds. The van der Waals surface area contributed by atoms with Crippen LogP contribution in [0, 0.1) is 13.8 Å². The molecule has 92 valence electrons. The lowest BCUT2D eigenvalue weighted by Gasteiger charge is -2.18. The molecule has 0 bridgehead atoms. The molecular weight excluding hydrogens is 230 g/mol. The van der Waals surface area contributed by atoms with Crippen molar-refractivity contribution in [3.05, 3.63) is 39.6 Å². The predicted octanol–water partition coefficient (Wildman–Crippen LogP) is 3.50.